The average Bonchev–Trinajstić information content (AvgIpc) is 3.15. The van der Waals surface area contributed by atoms with Gasteiger partial charge in [0.05, 0.1) is 6.04 Å². The molecule has 2 aromatic heterocycles. The van der Waals surface area contributed by atoms with Gasteiger partial charge >= 0.3 is 0 Å². The van der Waals surface area contributed by atoms with Crippen molar-refractivity contribution >= 4 is 17.4 Å². The van der Waals surface area contributed by atoms with Gasteiger partial charge < -0.3 is 9.80 Å². The Morgan fingerprint density at radius 2 is 1.80 bits per heavy atom. The summed E-state index contributed by atoms with van der Waals surface area (Å²) >= 11 is 0. The van der Waals surface area contributed by atoms with Crippen LogP contribution in [0.1, 0.15) is 26.2 Å². The Morgan fingerprint density at radius 3 is 2.56 bits per heavy atom. The van der Waals surface area contributed by atoms with Crippen LogP contribution in [0.2, 0.25) is 0 Å². The molecule has 8 heteroatoms. The Bertz CT molecular complexity index is 731. The summed E-state index contributed by atoms with van der Waals surface area (Å²) < 4.78 is 1.70. The SMILES string of the molecule is CC(C(=O)N1CCCCC1)N1CCN(c2ccc3nncn3n2)CC1. The molecule has 4 rings (SSSR count). The van der Waals surface area contributed by atoms with E-state index in [4.69, 9.17) is 0 Å². The predicted molar refractivity (Wildman–Crippen MR) is 94.5 cm³/mol. The highest BCUT2D eigenvalue weighted by atomic mass is 16.2. The Morgan fingerprint density at radius 1 is 1.04 bits per heavy atom. The molecule has 2 aliphatic heterocycles. The maximum absolute atomic E-state index is 12.7. The zero-order valence-electron chi connectivity index (χ0n) is 14.7. The van der Waals surface area contributed by atoms with Gasteiger partial charge in [-0.15, -0.1) is 15.3 Å². The summed E-state index contributed by atoms with van der Waals surface area (Å²) in [4.78, 5) is 19.3. The van der Waals surface area contributed by atoms with Crippen molar-refractivity contribution in [3.8, 4) is 0 Å². The standard InChI is InChI=1S/C17H25N7O/c1-14(17(25)23-7-3-2-4-8-23)21-9-11-22(12-10-21)16-6-5-15-19-18-13-24(15)20-16/h5-6,13-14H,2-4,7-12H2,1H3. The lowest BCUT2D eigenvalue weighted by atomic mass is 10.1. The van der Waals surface area contributed by atoms with Gasteiger partial charge in [-0.05, 0) is 38.3 Å². The summed E-state index contributed by atoms with van der Waals surface area (Å²) in [5, 5.41) is 12.4. The molecule has 25 heavy (non-hydrogen) atoms. The first-order valence-corrected chi connectivity index (χ1v) is 9.17. The fourth-order valence-corrected chi connectivity index (χ4v) is 3.76. The lowest BCUT2D eigenvalue weighted by molar-refractivity contribution is -0.137. The van der Waals surface area contributed by atoms with Crippen molar-refractivity contribution in [2.75, 3.05) is 44.2 Å². The van der Waals surface area contributed by atoms with E-state index in [2.05, 4.69) is 25.1 Å². The molecule has 0 aliphatic carbocycles. The quantitative estimate of drug-likeness (QED) is 0.815. The number of nitrogens with zero attached hydrogens (tertiary/aromatic N) is 7. The van der Waals surface area contributed by atoms with Crippen LogP contribution in [0.25, 0.3) is 5.65 Å². The molecule has 0 saturated carbocycles. The van der Waals surface area contributed by atoms with Crippen LogP contribution in [0.5, 0.6) is 0 Å². The number of hydrogen-bond acceptors (Lipinski definition) is 6. The number of aromatic nitrogens is 4. The van der Waals surface area contributed by atoms with Gasteiger partial charge in [0.15, 0.2) is 5.65 Å². The van der Waals surface area contributed by atoms with E-state index in [1.807, 2.05) is 24.0 Å². The number of piperazine rings is 1. The first kappa shape index (κ1) is 16.3. The van der Waals surface area contributed by atoms with E-state index in [0.717, 1.165) is 63.6 Å². The minimum absolute atomic E-state index is 0.0338. The van der Waals surface area contributed by atoms with Crippen molar-refractivity contribution in [3.05, 3.63) is 18.5 Å². The average molecular weight is 343 g/mol. The molecule has 0 bridgehead atoms. The maximum Gasteiger partial charge on any atom is 0.239 e. The van der Waals surface area contributed by atoms with E-state index >= 15 is 0 Å². The summed E-state index contributed by atoms with van der Waals surface area (Å²) in [5.41, 5.74) is 0.753. The number of likely N-dealkylation sites (tertiary alicyclic amines) is 1. The number of rotatable bonds is 3. The summed E-state index contributed by atoms with van der Waals surface area (Å²) in [6.07, 6.45) is 5.15. The van der Waals surface area contributed by atoms with Crippen molar-refractivity contribution in [2.45, 2.75) is 32.2 Å². The van der Waals surface area contributed by atoms with Crippen LogP contribution in [0.15, 0.2) is 18.5 Å². The summed E-state index contributed by atoms with van der Waals surface area (Å²) in [6, 6.07) is 3.89. The van der Waals surface area contributed by atoms with E-state index in [-0.39, 0.29) is 11.9 Å². The van der Waals surface area contributed by atoms with Crippen LogP contribution in [0.4, 0.5) is 5.82 Å². The molecule has 0 spiro atoms. The molecular weight excluding hydrogens is 318 g/mol. The molecular formula is C17H25N7O. The second-order valence-corrected chi connectivity index (χ2v) is 6.91. The van der Waals surface area contributed by atoms with Crippen molar-refractivity contribution in [1.82, 2.24) is 29.6 Å². The van der Waals surface area contributed by atoms with Crippen LogP contribution in [-0.4, -0.2) is 80.8 Å². The summed E-state index contributed by atoms with van der Waals surface area (Å²) in [7, 11) is 0. The van der Waals surface area contributed by atoms with E-state index in [0.29, 0.717) is 0 Å². The van der Waals surface area contributed by atoms with Gasteiger partial charge in [-0.2, -0.15) is 4.52 Å². The Hall–Kier alpha value is -2.22. The molecule has 2 aliphatic rings. The highest BCUT2D eigenvalue weighted by molar-refractivity contribution is 5.81. The van der Waals surface area contributed by atoms with Gasteiger partial charge in [-0.25, -0.2) is 0 Å². The Balaban J connectivity index is 1.36. The second-order valence-electron chi connectivity index (χ2n) is 6.91. The highest BCUT2D eigenvalue weighted by Crippen LogP contribution is 2.17. The van der Waals surface area contributed by atoms with Crippen LogP contribution in [-0.2, 0) is 4.79 Å². The minimum atomic E-state index is -0.0338. The zero-order valence-corrected chi connectivity index (χ0v) is 14.7. The molecule has 8 nitrogen and oxygen atoms in total. The largest absolute Gasteiger partial charge is 0.353 e. The highest BCUT2D eigenvalue weighted by Gasteiger charge is 2.29. The lowest BCUT2D eigenvalue weighted by Gasteiger charge is -2.39. The molecule has 2 aromatic rings. The summed E-state index contributed by atoms with van der Waals surface area (Å²) in [6.45, 7) is 7.40. The maximum atomic E-state index is 12.7. The smallest absolute Gasteiger partial charge is 0.239 e. The van der Waals surface area contributed by atoms with E-state index in [1.54, 1.807) is 10.8 Å². The van der Waals surface area contributed by atoms with E-state index in [1.165, 1.54) is 6.42 Å². The number of amides is 1. The molecule has 1 unspecified atom stereocenters. The topological polar surface area (TPSA) is 69.9 Å². The van der Waals surface area contributed by atoms with Crippen molar-refractivity contribution in [1.29, 1.82) is 0 Å². The fourth-order valence-electron chi connectivity index (χ4n) is 3.76. The third-order valence-electron chi connectivity index (χ3n) is 5.36. The van der Waals surface area contributed by atoms with Crippen LogP contribution < -0.4 is 4.90 Å². The van der Waals surface area contributed by atoms with Gasteiger partial charge in [0.1, 0.15) is 12.1 Å². The third-order valence-corrected chi connectivity index (χ3v) is 5.36. The number of carbonyl (C=O) groups excluding carboxylic acids is 1. The second kappa shape index (κ2) is 6.95. The lowest BCUT2D eigenvalue weighted by Crippen LogP contribution is -2.55. The molecule has 0 N–H and O–H groups in total. The third kappa shape index (κ3) is 3.30. The number of fused-ring (bicyclic) bond motifs is 1. The predicted octanol–water partition coefficient (Wildman–Crippen LogP) is 0.647. The molecule has 134 valence electrons. The van der Waals surface area contributed by atoms with E-state index in [9.17, 15) is 4.79 Å². The van der Waals surface area contributed by atoms with Crippen LogP contribution >= 0.6 is 0 Å². The van der Waals surface area contributed by atoms with Gasteiger partial charge in [0.25, 0.3) is 0 Å². The molecule has 0 aromatic carbocycles. The Kier molecular flexibility index (Phi) is 4.52. The minimum Gasteiger partial charge on any atom is -0.353 e. The van der Waals surface area contributed by atoms with Crippen LogP contribution in [0.3, 0.4) is 0 Å². The number of carbonyl (C=O) groups is 1. The normalized spacial score (nSPS) is 20.8. The zero-order chi connectivity index (χ0) is 17.2. The first-order valence-electron chi connectivity index (χ1n) is 9.17. The summed E-state index contributed by atoms with van der Waals surface area (Å²) in [5.74, 6) is 1.22. The van der Waals surface area contributed by atoms with E-state index < -0.39 is 0 Å². The molecule has 1 atom stereocenters. The monoisotopic (exact) mass is 343 g/mol. The van der Waals surface area contributed by atoms with Crippen molar-refractivity contribution in [3.63, 3.8) is 0 Å². The molecule has 2 fully saturated rings. The Labute approximate surface area is 147 Å². The fraction of sp³-hybridized carbons (Fsp3) is 0.647. The van der Waals surface area contributed by atoms with Gasteiger partial charge in [-0.3, -0.25) is 9.69 Å². The van der Waals surface area contributed by atoms with Crippen LogP contribution in [0, 0.1) is 0 Å². The van der Waals surface area contributed by atoms with Crippen molar-refractivity contribution < 1.29 is 4.79 Å². The number of piperidine rings is 1. The van der Waals surface area contributed by atoms with Gasteiger partial charge in [-0.1, -0.05) is 0 Å². The first-order chi connectivity index (χ1) is 12.2. The van der Waals surface area contributed by atoms with Gasteiger partial charge in [0, 0.05) is 39.3 Å². The van der Waals surface area contributed by atoms with Crippen molar-refractivity contribution in [2.24, 2.45) is 0 Å². The molecule has 0 radical (unpaired) electrons. The molecule has 2 saturated heterocycles. The number of hydrogen-bond donors (Lipinski definition) is 0. The van der Waals surface area contributed by atoms with Gasteiger partial charge in [0.2, 0.25) is 5.91 Å². The molecule has 1 amide bonds. The molecule has 4 heterocycles. The number of anilines is 1.